The number of methoxy groups -OCH3 is 2. The van der Waals surface area contributed by atoms with E-state index in [1.807, 2.05) is 74.0 Å². The van der Waals surface area contributed by atoms with Crippen molar-refractivity contribution in [2.45, 2.75) is 382 Å². The number of aliphatic hydroxyl groups is 3. The van der Waals surface area contributed by atoms with Gasteiger partial charge in [-0.05, 0) is 121 Å². The smallest absolute Gasteiger partial charge is 0.349 e. The van der Waals surface area contributed by atoms with Crippen LogP contribution in [-0.4, -0.2) is 260 Å². The van der Waals surface area contributed by atoms with Gasteiger partial charge in [0.1, 0.15) is 24.2 Å². The van der Waals surface area contributed by atoms with Crippen LogP contribution < -0.4 is 36.6 Å². The number of carbonyl (C=O) groups excluding carboxylic acids is 9. The molecular formula is C100H203N7O36S. The molecule has 0 radical (unpaired) electrons. The van der Waals surface area contributed by atoms with Gasteiger partial charge in [0, 0.05) is 71.9 Å². The maximum atomic E-state index is 12.0. The van der Waals surface area contributed by atoms with E-state index in [0.29, 0.717) is 43.5 Å². The van der Waals surface area contributed by atoms with Gasteiger partial charge >= 0.3 is 65.7 Å². The Bertz CT molecular complexity index is 4030. The lowest BCUT2D eigenvalue weighted by Gasteiger charge is -2.33. The van der Waals surface area contributed by atoms with E-state index in [2.05, 4.69) is 46.1 Å². The Balaban J connectivity index is -0.0000000591. The number of benzene rings is 2. The fourth-order valence-electron chi connectivity index (χ4n) is 7.67. The molecule has 44 heteroatoms. The van der Waals surface area contributed by atoms with Gasteiger partial charge in [0.25, 0.3) is 10.0 Å². The molecule has 4 atom stereocenters. The summed E-state index contributed by atoms with van der Waals surface area (Å²) < 4.78 is 44.2. The van der Waals surface area contributed by atoms with Gasteiger partial charge in [0.15, 0.2) is 6.10 Å². The number of carboxylic acids is 9. The Kier molecular flexibility index (Phi) is 118. The number of ether oxygens (including phenoxy) is 4. The number of amides is 7. The lowest BCUT2D eigenvalue weighted by molar-refractivity contribution is -0.186. The van der Waals surface area contributed by atoms with Crippen molar-refractivity contribution in [3.63, 3.8) is 0 Å². The van der Waals surface area contributed by atoms with Gasteiger partial charge in [-0.1, -0.05) is 243 Å². The minimum atomic E-state index is -3.85. The van der Waals surface area contributed by atoms with Crippen LogP contribution in [0.2, 0.25) is 0 Å². The first-order chi connectivity index (χ1) is 58.5. The molecule has 0 saturated carbocycles. The number of aliphatic hydroxyl groups excluding tert-OH is 3. The van der Waals surface area contributed by atoms with Crippen molar-refractivity contribution in [2.75, 3.05) is 64.4 Å². The molecule has 0 saturated heterocycles. The zero-order chi connectivity index (χ0) is 102. The Labute approximate surface area is 864 Å². The van der Waals surface area contributed by atoms with Crippen LogP contribution in [0, 0.1) is 38.4 Å². The van der Waals surface area contributed by atoms with E-state index in [9.17, 15) is 94.7 Å². The minimum absolute atomic E-state index is 0. The van der Waals surface area contributed by atoms with E-state index < -0.39 is 188 Å². The van der Waals surface area contributed by atoms with Gasteiger partial charge in [0.2, 0.25) is 47.0 Å². The molecule has 2 rings (SSSR count). The van der Waals surface area contributed by atoms with Crippen molar-refractivity contribution < 1.29 is 175 Å². The normalized spacial score (nSPS) is 10.8. The number of nitrogens with one attached hydrogen (secondary N) is 7. The van der Waals surface area contributed by atoms with E-state index in [4.69, 9.17) is 66.0 Å². The number of anilines is 2. The van der Waals surface area contributed by atoms with Crippen molar-refractivity contribution in [1.29, 1.82) is 0 Å². The highest BCUT2D eigenvalue weighted by Gasteiger charge is 2.47. The Morgan fingerprint density at radius 2 is 0.785 bits per heavy atom. The van der Waals surface area contributed by atoms with Gasteiger partial charge in [-0.3, -0.25) is 67.1 Å². The number of sulfonamides is 1. The summed E-state index contributed by atoms with van der Waals surface area (Å²) in [5.41, 5.74) is -6.07. The average Bonchev–Trinajstić information content (AvgIpc) is 0.829. The number of aromatic carboxylic acids is 1. The Hall–Kier alpha value is -11.3. The van der Waals surface area contributed by atoms with Gasteiger partial charge in [-0.2, -0.15) is 0 Å². The first-order valence-electron chi connectivity index (χ1n) is 40.3. The topological polar surface area (TPSA) is 705 Å². The lowest BCUT2D eigenvalue weighted by Crippen LogP contribution is -2.59. The van der Waals surface area contributed by atoms with Crippen LogP contribution in [0.1, 0.15) is 359 Å². The highest BCUT2D eigenvalue weighted by Crippen LogP contribution is 2.28. The molecule has 2 aromatic carbocycles. The predicted octanol–water partition coefficient (Wildman–Crippen LogP) is 16.6. The van der Waals surface area contributed by atoms with Crippen molar-refractivity contribution in [3.8, 4) is 0 Å². The molecule has 0 spiro atoms. The third-order valence-corrected chi connectivity index (χ3v) is 21.1. The molecule has 0 aliphatic rings. The quantitative estimate of drug-likeness (QED) is 0.0216. The molecule has 43 nitrogen and oxygen atoms in total. The van der Waals surface area contributed by atoms with Gasteiger partial charge in [0.05, 0.1) is 68.2 Å². The monoisotopic (exact) mass is 2110 g/mol. The molecule has 0 aliphatic heterocycles. The molecule has 7 amide bonds. The molecule has 144 heavy (non-hydrogen) atoms. The number of rotatable bonds is 45. The van der Waals surface area contributed by atoms with Crippen LogP contribution >= 0.6 is 0 Å². The van der Waals surface area contributed by atoms with Crippen LogP contribution in [0.3, 0.4) is 0 Å². The molecule has 19 N–H and O–H groups in total. The zero-order valence-electron chi connectivity index (χ0n) is 77.7. The second kappa shape index (κ2) is 90.4. The van der Waals surface area contributed by atoms with Crippen LogP contribution in [0.4, 0.5) is 11.4 Å². The number of carboxylic acid groups (broad SMARTS) is 9. The summed E-state index contributed by atoms with van der Waals surface area (Å²) in [6.45, 7) is 36.9. The highest BCUT2D eigenvalue weighted by atomic mass is 32.2. The second-order valence-electron chi connectivity index (χ2n) is 32.7. The number of hydrogen-bond donors (Lipinski definition) is 19. The molecule has 860 valence electrons. The minimum Gasteiger partial charge on any atom is -0.481 e. The van der Waals surface area contributed by atoms with Crippen LogP contribution in [0.5, 0.6) is 0 Å². The largest absolute Gasteiger partial charge is 0.481 e. The highest BCUT2D eigenvalue weighted by molar-refractivity contribution is 7.90. The van der Waals surface area contributed by atoms with E-state index >= 15 is 0 Å². The summed E-state index contributed by atoms with van der Waals surface area (Å²) in [4.78, 5) is 199. The molecule has 0 bridgehead atoms. The molecule has 4 unspecified atom stereocenters. The predicted molar refractivity (Wildman–Crippen MR) is 571 cm³/mol. The van der Waals surface area contributed by atoms with Gasteiger partial charge in [-0.15, -0.1) is 0 Å². The van der Waals surface area contributed by atoms with Crippen molar-refractivity contribution >= 4 is 128 Å². The lowest BCUT2D eigenvalue weighted by atomic mass is 9.87. The number of esters is 2. The first kappa shape index (κ1) is 188. The average molecular weight is 2110 g/mol. The first-order valence-corrected chi connectivity index (χ1v) is 41.8. The van der Waals surface area contributed by atoms with Crippen molar-refractivity contribution in [2.24, 2.45) is 38.4 Å². The maximum Gasteiger partial charge on any atom is 0.349 e. The number of hydrogen-bond acceptors (Lipinski definition) is 27. The summed E-state index contributed by atoms with van der Waals surface area (Å²) in [7, 11) is -1.09. The Morgan fingerprint density at radius 1 is 0.431 bits per heavy atom. The molecule has 2 aromatic rings. The molecular weight excluding hydrogens is 1910 g/mol. The number of carbonyl (C=O) groups is 18. The van der Waals surface area contributed by atoms with E-state index in [1.54, 1.807) is 81.4 Å². The summed E-state index contributed by atoms with van der Waals surface area (Å²) in [6, 6.07) is 9.58. The number of aliphatic carboxylic acids is 8. The maximum absolute atomic E-state index is 12.0. The third-order valence-electron chi connectivity index (χ3n) is 19.7. The molecule has 0 aromatic heterocycles. The van der Waals surface area contributed by atoms with Crippen LogP contribution in [-0.2, 0) is 110 Å². The fraction of sp³-hybridized carbons (Fsp3) is 0.700. The molecule has 0 heterocycles. The van der Waals surface area contributed by atoms with Crippen LogP contribution in [0.25, 0.3) is 0 Å². The summed E-state index contributed by atoms with van der Waals surface area (Å²) in [5, 5.41) is 120. The van der Waals surface area contributed by atoms with Crippen molar-refractivity contribution in [3.05, 3.63) is 54.1 Å². The third kappa shape index (κ3) is 78.1. The van der Waals surface area contributed by atoms with Gasteiger partial charge < -0.3 is 112 Å². The molecule has 0 aliphatic carbocycles. The van der Waals surface area contributed by atoms with Gasteiger partial charge in [-0.25, -0.2) is 32.3 Å². The zero-order valence-corrected chi connectivity index (χ0v) is 78.5. The summed E-state index contributed by atoms with van der Waals surface area (Å²) >= 11 is 0. The summed E-state index contributed by atoms with van der Waals surface area (Å²) in [5.74, 6) is -15.4. The molecule has 0 fully saturated rings. The Morgan fingerprint density at radius 3 is 1.06 bits per heavy atom. The summed E-state index contributed by atoms with van der Waals surface area (Å²) in [6.07, 6.45) is 0.371. The van der Waals surface area contributed by atoms with Crippen molar-refractivity contribution in [1.82, 2.24) is 26.0 Å². The second-order valence-corrected chi connectivity index (χ2v) is 34.4. The van der Waals surface area contributed by atoms with Crippen LogP contribution in [0.15, 0.2) is 53.4 Å². The fourth-order valence-corrected chi connectivity index (χ4v) is 8.66. The van der Waals surface area contributed by atoms with E-state index in [1.165, 1.54) is 57.5 Å². The van der Waals surface area contributed by atoms with E-state index in [-0.39, 0.29) is 197 Å². The van der Waals surface area contributed by atoms with E-state index in [0.717, 1.165) is 19.8 Å². The standard InChI is InChI=1S/C16H24O10.C14H20N2O4S.C13H17NO3.C10H17NO5.C10H21NO4.2C8H15NO3.C5H10O4.16CH4/c1-4-15(2,3)14(24)25-7-5-6-12(21)26-16(13(22)23,8-10(17)18)9-11(19)20;1-5-14(3,4)13(18)15-11-6-8-12(9-7-11)21(19,20)16-10(2)17;1-4-13(2,3)12(17)14-10-7-5-9(6-8-10)11(15)16;1-4-10(2,3)9(16)11-6(8(14)15)5-7(12)13;1-4-9(2,3)8(15)11-10(5-12,6-13)7-14;1-4-8(2,3)7(12)9-5-6(10)11;1-4-5(2)7(10)9-6(3)8(11)12;1-8-3-4(9-2)5(6)7;;;;;;;;;;;;;;;;/h4-9H2,1-3H3,(H,17,18)(H,19,20)(H,22,23);6-9H,5H2,1-4H3,(H,15,18)(H,16,17);5-8H,4H2,1-3H3,(H,14,17)(H,15,16);6H,4-5H2,1-3H3,(H,11,16)(H,12,13)(H,14,15);12-14H,4-7H2,1-3H3,(H,11,15);4-5H2,1-3H3,(H,9,12)(H,10,11);5-6H,4H2,1-3H3,(H,9,10)(H,11,12);4H,3H2,1-2H3,(H,6,7);16*1H4. The SMILES string of the molecule is C.C.C.C.C.C.C.C.C.C.C.C.C.C.C.C.CCC(C)(C)C(=O)NC(CC(=O)O)C(=O)O.CCC(C)(C)C(=O)NC(CO)(CO)CO.CCC(C)(C)C(=O)NCC(=O)O.CCC(C)(C)C(=O)Nc1ccc(C(=O)O)cc1.CCC(C)(C)C(=O)Nc1ccc(S(=O)(=O)NC(C)=O)cc1.CCC(C)(C)C(=O)OCCCC(=O)OC(CC(=O)O)(CC(=O)O)C(=O)O.CCC(C)C(=O)NC(C)C(=O)O.COCC(OC)C(=O)O.